The van der Waals surface area contributed by atoms with Gasteiger partial charge >= 0.3 is 0 Å². The average Bonchev–Trinajstić information content (AvgIpc) is 2.61. The van der Waals surface area contributed by atoms with Crippen molar-refractivity contribution in [3.63, 3.8) is 0 Å². The van der Waals surface area contributed by atoms with Crippen LogP contribution in [0.3, 0.4) is 0 Å². The van der Waals surface area contributed by atoms with E-state index in [9.17, 15) is 4.79 Å². The Morgan fingerprint density at radius 3 is 2.96 bits per heavy atom. The van der Waals surface area contributed by atoms with Gasteiger partial charge in [-0.2, -0.15) is 5.10 Å². The van der Waals surface area contributed by atoms with Crippen molar-refractivity contribution >= 4 is 12.1 Å². The molecular weight excluding hydrogens is 306 g/mol. The van der Waals surface area contributed by atoms with Crippen LogP contribution in [0.2, 0.25) is 0 Å². The van der Waals surface area contributed by atoms with Crippen molar-refractivity contribution in [3.05, 3.63) is 66.5 Å². The highest BCUT2D eigenvalue weighted by Crippen LogP contribution is 2.28. The number of nitrogens with one attached hydrogen (secondary N) is 1. The Morgan fingerprint density at radius 1 is 1.38 bits per heavy atom. The van der Waals surface area contributed by atoms with Crippen LogP contribution >= 0.6 is 0 Å². The van der Waals surface area contributed by atoms with Crippen molar-refractivity contribution in [1.82, 2.24) is 10.4 Å². The zero-order valence-corrected chi connectivity index (χ0v) is 13.4. The molecule has 0 atom stereocenters. The smallest absolute Gasteiger partial charge is 0.277 e. The van der Waals surface area contributed by atoms with Crippen LogP contribution in [0.25, 0.3) is 0 Å². The van der Waals surface area contributed by atoms with Crippen molar-refractivity contribution in [3.8, 4) is 11.5 Å². The Kier molecular flexibility index (Phi) is 6.52. The lowest BCUT2D eigenvalue weighted by molar-refractivity contribution is -0.123. The maximum absolute atomic E-state index is 11.8. The molecule has 124 valence electrons. The number of allylic oxidation sites excluding steroid dienone is 1. The van der Waals surface area contributed by atoms with Gasteiger partial charge in [-0.25, -0.2) is 5.43 Å². The SMILES string of the molecule is C=CCc1ccc(OCC(=O)N/N=C/c2cccnc2)c(OC)c1. The Hall–Kier alpha value is -3.15. The molecule has 0 spiro atoms. The minimum absolute atomic E-state index is 0.165. The number of pyridine rings is 1. The van der Waals surface area contributed by atoms with Crippen LogP contribution in [-0.2, 0) is 11.2 Å². The normalized spacial score (nSPS) is 10.4. The third-order valence-electron chi connectivity index (χ3n) is 3.05. The lowest BCUT2D eigenvalue weighted by atomic mass is 10.1. The number of hydrazone groups is 1. The molecule has 24 heavy (non-hydrogen) atoms. The van der Waals surface area contributed by atoms with Crippen LogP contribution in [0.4, 0.5) is 0 Å². The predicted molar refractivity (Wildman–Crippen MR) is 92.4 cm³/mol. The number of benzene rings is 1. The monoisotopic (exact) mass is 325 g/mol. The first kappa shape index (κ1) is 17.2. The van der Waals surface area contributed by atoms with Crippen LogP contribution in [0.5, 0.6) is 11.5 Å². The van der Waals surface area contributed by atoms with E-state index in [1.165, 1.54) is 6.21 Å². The van der Waals surface area contributed by atoms with E-state index >= 15 is 0 Å². The van der Waals surface area contributed by atoms with Crippen LogP contribution in [0, 0.1) is 0 Å². The zero-order valence-electron chi connectivity index (χ0n) is 13.4. The van der Waals surface area contributed by atoms with E-state index in [2.05, 4.69) is 22.1 Å². The Morgan fingerprint density at radius 2 is 2.25 bits per heavy atom. The molecule has 0 fully saturated rings. The second-order valence-electron chi connectivity index (χ2n) is 4.85. The fourth-order valence-electron chi connectivity index (χ4n) is 1.93. The van der Waals surface area contributed by atoms with Crippen molar-refractivity contribution < 1.29 is 14.3 Å². The summed E-state index contributed by atoms with van der Waals surface area (Å²) < 4.78 is 10.8. The van der Waals surface area contributed by atoms with Gasteiger partial charge in [-0.05, 0) is 30.2 Å². The lowest BCUT2D eigenvalue weighted by Crippen LogP contribution is -2.24. The summed E-state index contributed by atoms with van der Waals surface area (Å²) in [6.45, 7) is 3.54. The Labute approximate surface area is 140 Å². The van der Waals surface area contributed by atoms with Gasteiger partial charge in [0.1, 0.15) is 0 Å². The van der Waals surface area contributed by atoms with Gasteiger partial charge in [0.2, 0.25) is 0 Å². The number of rotatable bonds is 8. The maximum Gasteiger partial charge on any atom is 0.277 e. The summed E-state index contributed by atoms with van der Waals surface area (Å²) in [7, 11) is 1.55. The molecule has 0 radical (unpaired) electrons. The highest BCUT2D eigenvalue weighted by molar-refractivity contribution is 5.82. The largest absolute Gasteiger partial charge is 0.493 e. The molecule has 0 aliphatic carbocycles. The van der Waals surface area contributed by atoms with Crippen molar-refractivity contribution in [2.45, 2.75) is 6.42 Å². The molecule has 0 saturated heterocycles. The number of methoxy groups -OCH3 is 1. The number of carbonyl (C=O) groups is 1. The van der Waals surface area contributed by atoms with Gasteiger partial charge in [0.25, 0.3) is 5.91 Å². The van der Waals surface area contributed by atoms with Gasteiger partial charge < -0.3 is 9.47 Å². The van der Waals surface area contributed by atoms with Gasteiger partial charge in [-0.15, -0.1) is 6.58 Å². The molecule has 0 aliphatic heterocycles. The molecular formula is C18H19N3O3. The van der Waals surface area contributed by atoms with E-state index in [1.807, 2.05) is 24.3 Å². The Bertz CT molecular complexity index is 715. The maximum atomic E-state index is 11.8. The van der Waals surface area contributed by atoms with Gasteiger partial charge in [0, 0.05) is 18.0 Å². The quantitative estimate of drug-likeness (QED) is 0.459. The van der Waals surface area contributed by atoms with Crippen LogP contribution in [0.15, 0.2) is 60.5 Å². The minimum atomic E-state index is -0.368. The molecule has 2 rings (SSSR count). The van der Waals surface area contributed by atoms with Crippen molar-refractivity contribution in [1.29, 1.82) is 0 Å². The lowest BCUT2D eigenvalue weighted by Gasteiger charge is -2.11. The zero-order chi connectivity index (χ0) is 17.2. The minimum Gasteiger partial charge on any atom is -0.493 e. The first-order valence-electron chi connectivity index (χ1n) is 7.35. The topological polar surface area (TPSA) is 72.8 Å². The molecule has 1 aromatic carbocycles. The molecule has 1 amide bonds. The summed E-state index contributed by atoms with van der Waals surface area (Å²) in [5, 5.41) is 3.85. The van der Waals surface area contributed by atoms with E-state index in [0.717, 1.165) is 17.5 Å². The molecule has 6 nitrogen and oxygen atoms in total. The van der Waals surface area contributed by atoms with E-state index in [0.29, 0.717) is 11.5 Å². The number of aromatic nitrogens is 1. The van der Waals surface area contributed by atoms with Gasteiger partial charge in [-0.1, -0.05) is 18.2 Å². The van der Waals surface area contributed by atoms with E-state index in [-0.39, 0.29) is 12.5 Å². The molecule has 6 heteroatoms. The fraction of sp³-hybridized carbons (Fsp3) is 0.167. The number of nitrogens with zero attached hydrogens (tertiary/aromatic N) is 2. The van der Waals surface area contributed by atoms with Gasteiger partial charge in [0.15, 0.2) is 18.1 Å². The van der Waals surface area contributed by atoms with Crippen molar-refractivity contribution in [2.24, 2.45) is 5.10 Å². The molecule has 0 saturated carbocycles. The first-order valence-corrected chi connectivity index (χ1v) is 7.35. The summed E-state index contributed by atoms with van der Waals surface area (Å²) in [5.41, 5.74) is 4.24. The van der Waals surface area contributed by atoms with E-state index in [4.69, 9.17) is 9.47 Å². The molecule has 2 aromatic rings. The second kappa shape index (κ2) is 9.09. The molecule has 1 N–H and O–H groups in total. The van der Waals surface area contributed by atoms with Crippen LogP contribution in [-0.4, -0.2) is 30.8 Å². The summed E-state index contributed by atoms with van der Waals surface area (Å²) >= 11 is 0. The molecule has 0 bridgehead atoms. The number of hydrogen-bond acceptors (Lipinski definition) is 5. The van der Waals surface area contributed by atoms with Gasteiger partial charge in [-0.3, -0.25) is 9.78 Å². The Balaban J connectivity index is 1.87. The van der Waals surface area contributed by atoms with Crippen LogP contribution in [0.1, 0.15) is 11.1 Å². The standard InChI is InChI=1S/C18H19N3O3/c1-3-5-14-7-8-16(17(10-14)23-2)24-13-18(22)21-20-12-15-6-4-9-19-11-15/h3-4,6-12H,1,5,13H2,2H3,(H,21,22)/b20-12+. The molecule has 1 aromatic heterocycles. The molecule has 0 aliphatic rings. The van der Waals surface area contributed by atoms with Crippen LogP contribution < -0.4 is 14.9 Å². The van der Waals surface area contributed by atoms with E-state index in [1.54, 1.807) is 31.6 Å². The predicted octanol–water partition coefficient (Wildman–Crippen LogP) is 2.35. The van der Waals surface area contributed by atoms with E-state index < -0.39 is 0 Å². The number of carbonyl (C=O) groups excluding carboxylic acids is 1. The third-order valence-corrected chi connectivity index (χ3v) is 3.05. The summed E-state index contributed by atoms with van der Waals surface area (Å²) in [6.07, 6.45) is 7.36. The average molecular weight is 325 g/mol. The second-order valence-corrected chi connectivity index (χ2v) is 4.85. The summed E-state index contributed by atoms with van der Waals surface area (Å²) in [5.74, 6) is 0.699. The molecule has 0 unspecified atom stereocenters. The highest BCUT2D eigenvalue weighted by Gasteiger charge is 2.08. The highest BCUT2D eigenvalue weighted by atomic mass is 16.5. The number of ether oxygens (including phenoxy) is 2. The van der Waals surface area contributed by atoms with Gasteiger partial charge in [0.05, 0.1) is 13.3 Å². The number of hydrogen-bond donors (Lipinski definition) is 1. The fourth-order valence-corrected chi connectivity index (χ4v) is 1.93. The molecule has 1 heterocycles. The summed E-state index contributed by atoms with van der Waals surface area (Å²) in [6, 6.07) is 9.14. The first-order chi connectivity index (χ1) is 11.7. The number of amides is 1. The third kappa shape index (κ3) is 5.24. The summed E-state index contributed by atoms with van der Waals surface area (Å²) in [4.78, 5) is 15.7. The van der Waals surface area contributed by atoms with Crippen molar-refractivity contribution in [2.75, 3.05) is 13.7 Å².